The zero-order valence-corrected chi connectivity index (χ0v) is 10.1. The van der Waals surface area contributed by atoms with E-state index in [9.17, 15) is 4.21 Å². The SMILES string of the molecule is CCn1ncnc1CNCCCS(C)=O. The van der Waals surface area contributed by atoms with Crippen LogP contribution in [0.3, 0.4) is 0 Å². The first-order valence-corrected chi connectivity index (χ1v) is 6.84. The van der Waals surface area contributed by atoms with Crippen molar-refractivity contribution >= 4 is 10.8 Å². The summed E-state index contributed by atoms with van der Waals surface area (Å²) < 4.78 is 12.7. The van der Waals surface area contributed by atoms with Crippen LogP contribution in [0.1, 0.15) is 19.2 Å². The fourth-order valence-electron chi connectivity index (χ4n) is 1.29. The van der Waals surface area contributed by atoms with Gasteiger partial charge in [-0.3, -0.25) is 4.21 Å². The van der Waals surface area contributed by atoms with Crippen LogP contribution in [-0.4, -0.2) is 37.5 Å². The van der Waals surface area contributed by atoms with Crippen molar-refractivity contribution in [1.29, 1.82) is 0 Å². The number of hydrogen-bond acceptors (Lipinski definition) is 4. The van der Waals surface area contributed by atoms with Crippen LogP contribution in [0.4, 0.5) is 0 Å². The Kier molecular flexibility index (Phi) is 5.49. The molecule has 0 aliphatic heterocycles. The predicted molar refractivity (Wildman–Crippen MR) is 61.0 cm³/mol. The zero-order chi connectivity index (χ0) is 11.1. The highest BCUT2D eigenvalue weighted by atomic mass is 32.2. The quantitative estimate of drug-likeness (QED) is 0.678. The summed E-state index contributed by atoms with van der Waals surface area (Å²) in [7, 11) is -0.685. The predicted octanol–water partition coefficient (Wildman–Crippen LogP) is 0.156. The Hall–Kier alpha value is -0.750. The maximum Gasteiger partial charge on any atom is 0.140 e. The Morgan fingerprint density at radius 2 is 2.40 bits per heavy atom. The average Bonchev–Trinajstić information content (AvgIpc) is 2.64. The van der Waals surface area contributed by atoms with Crippen molar-refractivity contribution in [3.63, 3.8) is 0 Å². The van der Waals surface area contributed by atoms with E-state index in [1.165, 1.54) is 0 Å². The summed E-state index contributed by atoms with van der Waals surface area (Å²) in [5, 5.41) is 7.34. The average molecular weight is 230 g/mol. The maximum atomic E-state index is 10.8. The third-order valence-electron chi connectivity index (χ3n) is 2.06. The van der Waals surface area contributed by atoms with E-state index in [0.29, 0.717) is 0 Å². The van der Waals surface area contributed by atoms with Gasteiger partial charge in [0.15, 0.2) is 0 Å². The lowest BCUT2D eigenvalue weighted by molar-refractivity contribution is 0.570. The minimum absolute atomic E-state index is 0.685. The van der Waals surface area contributed by atoms with Gasteiger partial charge in [-0.15, -0.1) is 0 Å². The number of hydrogen-bond donors (Lipinski definition) is 1. The molecule has 1 N–H and O–H groups in total. The molecular weight excluding hydrogens is 212 g/mol. The molecule has 5 nitrogen and oxygen atoms in total. The van der Waals surface area contributed by atoms with E-state index < -0.39 is 10.8 Å². The van der Waals surface area contributed by atoms with Crippen molar-refractivity contribution in [3.8, 4) is 0 Å². The highest BCUT2D eigenvalue weighted by molar-refractivity contribution is 7.84. The lowest BCUT2D eigenvalue weighted by Gasteiger charge is -2.04. The molecule has 1 unspecified atom stereocenters. The topological polar surface area (TPSA) is 59.8 Å². The number of aromatic nitrogens is 3. The molecule has 0 aliphatic rings. The summed E-state index contributed by atoms with van der Waals surface area (Å²) in [6.45, 7) is 4.48. The van der Waals surface area contributed by atoms with Gasteiger partial charge in [0.1, 0.15) is 12.2 Å². The van der Waals surface area contributed by atoms with E-state index in [0.717, 1.165) is 37.6 Å². The molecule has 1 atom stereocenters. The van der Waals surface area contributed by atoms with Gasteiger partial charge in [0, 0.05) is 29.4 Å². The van der Waals surface area contributed by atoms with Crippen molar-refractivity contribution in [2.24, 2.45) is 0 Å². The Labute approximate surface area is 92.7 Å². The third-order valence-corrected chi connectivity index (χ3v) is 2.93. The summed E-state index contributed by atoms with van der Waals surface area (Å²) in [5.41, 5.74) is 0. The molecule has 86 valence electrons. The Morgan fingerprint density at radius 1 is 1.60 bits per heavy atom. The largest absolute Gasteiger partial charge is 0.310 e. The highest BCUT2D eigenvalue weighted by Gasteiger charge is 2.00. The van der Waals surface area contributed by atoms with Crippen LogP contribution in [-0.2, 0) is 23.9 Å². The van der Waals surface area contributed by atoms with Gasteiger partial charge in [-0.25, -0.2) is 9.67 Å². The second-order valence-electron chi connectivity index (χ2n) is 3.30. The molecule has 0 aromatic carbocycles. The molecule has 1 aromatic rings. The van der Waals surface area contributed by atoms with Crippen molar-refractivity contribution in [2.45, 2.75) is 26.4 Å². The summed E-state index contributed by atoms with van der Waals surface area (Å²) in [5.74, 6) is 1.71. The van der Waals surface area contributed by atoms with Gasteiger partial charge >= 0.3 is 0 Å². The van der Waals surface area contributed by atoms with Gasteiger partial charge < -0.3 is 5.32 Å². The van der Waals surface area contributed by atoms with E-state index >= 15 is 0 Å². The number of rotatable bonds is 7. The Balaban J connectivity index is 2.17. The van der Waals surface area contributed by atoms with E-state index in [1.54, 1.807) is 12.6 Å². The van der Waals surface area contributed by atoms with Gasteiger partial charge in [-0.2, -0.15) is 5.10 Å². The normalized spacial score (nSPS) is 12.9. The Bertz CT molecular complexity index is 313. The van der Waals surface area contributed by atoms with Crippen molar-refractivity contribution in [2.75, 3.05) is 18.6 Å². The molecule has 0 saturated carbocycles. The summed E-state index contributed by atoms with van der Waals surface area (Å²) in [4.78, 5) is 4.15. The molecule has 0 radical (unpaired) electrons. The van der Waals surface area contributed by atoms with Crippen molar-refractivity contribution < 1.29 is 4.21 Å². The first-order chi connectivity index (χ1) is 7.24. The smallest absolute Gasteiger partial charge is 0.140 e. The van der Waals surface area contributed by atoms with Gasteiger partial charge in [0.2, 0.25) is 0 Å². The van der Waals surface area contributed by atoms with Gasteiger partial charge in [-0.1, -0.05) is 0 Å². The van der Waals surface area contributed by atoms with E-state index in [1.807, 2.05) is 11.6 Å². The molecule has 1 aromatic heterocycles. The molecule has 0 bridgehead atoms. The van der Waals surface area contributed by atoms with E-state index in [4.69, 9.17) is 0 Å². The molecule has 0 aliphatic carbocycles. The van der Waals surface area contributed by atoms with E-state index in [-0.39, 0.29) is 0 Å². The van der Waals surface area contributed by atoms with Crippen LogP contribution in [0.5, 0.6) is 0 Å². The van der Waals surface area contributed by atoms with Crippen molar-refractivity contribution in [3.05, 3.63) is 12.2 Å². The summed E-state index contributed by atoms with van der Waals surface area (Å²) in [6.07, 6.45) is 4.23. The number of aryl methyl sites for hydroxylation is 1. The van der Waals surface area contributed by atoms with Crippen LogP contribution < -0.4 is 5.32 Å². The monoisotopic (exact) mass is 230 g/mol. The molecule has 0 amide bonds. The molecule has 15 heavy (non-hydrogen) atoms. The standard InChI is InChI=1S/C9H18N4OS/c1-3-13-9(11-8-12-13)7-10-5-4-6-15(2)14/h8,10H,3-7H2,1-2H3. The first kappa shape index (κ1) is 12.3. The van der Waals surface area contributed by atoms with Crippen LogP contribution in [0.2, 0.25) is 0 Å². The number of nitrogens with one attached hydrogen (secondary N) is 1. The fourth-order valence-corrected chi connectivity index (χ4v) is 1.84. The third kappa shape index (κ3) is 4.53. The van der Waals surface area contributed by atoms with Crippen molar-refractivity contribution in [1.82, 2.24) is 20.1 Å². The second-order valence-corrected chi connectivity index (χ2v) is 4.85. The van der Waals surface area contributed by atoms with E-state index in [2.05, 4.69) is 15.4 Å². The van der Waals surface area contributed by atoms with Crippen LogP contribution in [0, 0.1) is 0 Å². The molecule has 0 saturated heterocycles. The highest BCUT2D eigenvalue weighted by Crippen LogP contribution is 1.93. The minimum Gasteiger partial charge on any atom is -0.310 e. The Morgan fingerprint density at radius 3 is 3.07 bits per heavy atom. The fraction of sp³-hybridized carbons (Fsp3) is 0.778. The van der Waals surface area contributed by atoms with Crippen LogP contribution >= 0.6 is 0 Å². The van der Waals surface area contributed by atoms with Gasteiger partial charge in [-0.05, 0) is 19.9 Å². The second kappa shape index (κ2) is 6.68. The lowest BCUT2D eigenvalue weighted by Crippen LogP contribution is -2.19. The van der Waals surface area contributed by atoms with Crippen LogP contribution in [0.15, 0.2) is 6.33 Å². The summed E-state index contributed by atoms with van der Waals surface area (Å²) >= 11 is 0. The lowest BCUT2D eigenvalue weighted by atomic mass is 10.4. The molecule has 1 rings (SSSR count). The minimum atomic E-state index is -0.685. The van der Waals surface area contributed by atoms with Gasteiger partial charge in [0.25, 0.3) is 0 Å². The first-order valence-electron chi connectivity index (χ1n) is 5.11. The maximum absolute atomic E-state index is 10.8. The number of nitrogens with zero attached hydrogens (tertiary/aromatic N) is 3. The molecule has 6 heteroatoms. The molecule has 0 fully saturated rings. The zero-order valence-electron chi connectivity index (χ0n) is 9.27. The van der Waals surface area contributed by atoms with Gasteiger partial charge in [0.05, 0.1) is 6.54 Å². The summed E-state index contributed by atoms with van der Waals surface area (Å²) in [6, 6.07) is 0. The van der Waals surface area contributed by atoms with Crippen LogP contribution in [0.25, 0.3) is 0 Å². The molecular formula is C9H18N4OS. The molecule has 1 heterocycles. The molecule has 0 spiro atoms.